The molecular weight excluding hydrogens is 350 g/mol. The summed E-state index contributed by atoms with van der Waals surface area (Å²) in [6.45, 7) is 0.218. The molecule has 2 rings (SSSR count). The van der Waals surface area contributed by atoms with Crippen LogP contribution in [0.15, 0.2) is 29.2 Å². The molecule has 0 radical (unpaired) electrons. The van der Waals surface area contributed by atoms with Gasteiger partial charge >= 0.3 is 11.9 Å². The number of methoxy groups -OCH3 is 1. The predicted octanol–water partition coefficient (Wildman–Crippen LogP) is 1.28. The van der Waals surface area contributed by atoms with Crippen LogP contribution in [0.2, 0.25) is 0 Å². The Morgan fingerprint density at radius 1 is 1.24 bits per heavy atom. The van der Waals surface area contributed by atoms with Crippen LogP contribution in [0.4, 0.5) is 0 Å². The van der Waals surface area contributed by atoms with Gasteiger partial charge in [-0.25, -0.2) is 13.2 Å². The molecule has 1 aromatic carbocycles. The van der Waals surface area contributed by atoms with Crippen molar-refractivity contribution in [2.45, 2.75) is 17.7 Å². The number of ether oxygens (including phenoxy) is 1. The molecule has 0 spiro atoms. The molecule has 25 heavy (non-hydrogen) atoms. The van der Waals surface area contributed by atoms with E-state index in [0.29, 0.717) is 5.56 Å². The van der Waals surface area contributed by atoms with Crippen LogP contribution >= 0.6 is 0 Å². The average molecular weight is 369 g/mol. The van der Waals surface area contributed by atoms with E-state index in [9.17, 15) is 18.0 Å². The van der Waals surface area contributed by atoms with Crippen LogP contribution in [0.25, 0.3) is 6.08 Å². The molecule has 136 valence electrons. The maximum absolute atomic E-state index is 12.9. The lowest BCUT2D eigenvalue weighted by molar-refractivity contribution is -0.143. The minimum atomic E-state index is -3.88. The molecule has 0 bridgehead atoms. The monoisotopic (exact) mass is 369 g/mol. The molecule has 1 fully saturated rings. The average Bonchev–Trinajstić information content (AvgIpc) is 2.59. The molecule has 8 nitrogen and oxygen atoms in total. The highest BCUT2D eigenvalue weighted by Gasteiger charge is 2.33. The summed E-state index contributed by atoms with van der Waals surface area (Å²) in [6.07, 6.45) is 2.69. The summed E-state index contributed by atoms with van der Waals surface area (Å²) >= 11 is 0. The SMILES string of the molecule is COc1ccc(C=CC(=O)O)cc1S(=O)(=O)N1CCC(C(=O)O)CC1. The molecule has 2 N–H and O–H groups in total. The number of carboxylic acids is 2. The maximum atomic E-state index is 12.9. The van der Waals surface area contributed by atoms with Gasteiger partial charge in [0.05, 0.1) is 13.0 Å². The zero-order valence-electron chi connectivity index (χ0n) is 13.6. The quantitative estimate of drug-likeness (QED) is 0.724. The van der Waals surface area contributed by atoms with Crippen LogP contribution in [0.3, 0.4) is 0 Å². The fourth-order valence-electron chi connectivity index (χ4n) is 2.65. The zero-order valence-corrected chi connectivity index (χ0v) is 14.4. The number of aliphatic carboxylic acids is 2. The number of nitrogens with zero attached hydrogens (tertiary/aromatic N) is 1. The smallest absolute Gasteiger partial charge is 0.328 e. The summed E-state index contributed by atoms with van der Waals surface area (Å²) in [5, 5.41) is 17.7. The van der Waals surface area contributed by atoms with E-state index in [1.54, 1.807) is 6.07 Å². The van der Waals surface area contributed by atoms with Gasteiger partial charge in [0, 0.05) is 19.2 Å². The summed E-state index contributed by atoms with van der Waals surface area (Å²) in [7, 11) is -2.54. The van der Waals surface area contributed by atoms with Gasteiger partial charge in [-0.3, -0.25) is 4.79 Å². The van der Waals surface area contributed by atoms with E-state index in [0.717, 1.165) is 6.08 Å². The molecule has 9 heteroatoms. The van der Waals surface area contributed by atoms with Crippen LogP contribution < -0.4 is 4.74 Å². The first kappa shape index (κ1) is 18.9. The van der Waals surface area contributed by atoms with Crippen molar-refractivity contribution in [1.29, 1.82) is 0 Å². The lowest BCUT2D eigenvalue weighted by atomic mass is 9.99. The second kappa shape index (κ2) is 7.66. The number of hydrogen-bond acceptors (Lipinski definition) is 5. The van der Waals surface area contributed by atoms with Crippen molar-refractivity contribution in [2.24, 2.45) is 5.92 Å². The highest BCUT2D eigenvalue weighted by molar-refractivity contribution is 7.89. The Bertz CT molecular complexity index is 793. The van der Waals surface area contributed by atoms with Crippen LogP contribution in [-0.2, 0) is 19.6 Å². The Hall–Kier alpha value is -2.39. The van der Waals surface area contributed by atoms with Gasteiger partial charge in [-0.15, -0.1) is 0 Å². The zero-order chi connectivity index (χ0) is 18.6. The van der Waals surface area contributed by atoms with Gasteiger partial charge in [0.1, 0.15) is 10.6 Å². The van der Waals surface area contributed by atoms with Crippen molar-refractivity contribution >= 4 is 28.0 Å². The Kier molecular flexibility index (Phi) is 5.81. The predicted molar refractivity (Wildman–Crippen MR) is 88.8 cm³/mol. The Labute approximate surface area is 145 Å². The lowest BCUT2D eigenvalue weighted by Gasteiger charge is -2.29. The third-order valence-electron chi connectivity index (χ3n) is 4.03. The maximum Gasteiger partial charge on any atom is 0.328 e. The fraction of sp³-hybridized carbons (Fsp3) is 0.375. The van der Waals surface area contributed by atoms with E-state index >= 15 is 0 Å². The number of sulfonamides is 1. The lowest BCUT2D eigenvalue weighted by Crippen LogP contribution is -2.40. The standard InChI is InChI=1S/C16H19NO7S/c1-24-13-4-2-11(3-5-15(18)19)10-14(13)25(22,23)17-8-6-12(7-9-17)16(20)21/h2-5,10,12H,6-9H2,1H3,(H,18,19)(H,20,21). The molecule has 0 aromatic heterocycles. The molecule has 0 atom stereocenters. The normalized spacial score (nSPS) is 16.8. The van der Waals surface area contributed by atoms with Gasteiger partial charge in [-0.1, -0.05) is 6.07 Å². The molecular formula is C16H19NO7S. The van der Waals surface area contributed by atoms with Crippen molar-refractivity contribution in [1.82, 2.24) is 4.31 Å². The number of rotatable bonds is 6. The summed E-state index contributed by atoms with van der Waals surface area (Å²) in [6, 6.07) is 4.35. The third-order valence-corrected chi connectivity index (χ3v) is 5.95. The summed E-state index contributed by atoms with van der Waals surface area (Å²) in [4.78, 5) is 21.6. The molecule has 1 aliphatic rings. The first-order chi connectivity index (χ1) is 11.8. The van der Waals surface area contributed by atoms with Gasteiger partial charge in [-0.05, 0) is 36.6 Å². The van der Waals surface area contributed by atoms with Gasteiger partial charge in [0.15, 0.2) is 0 Å². The second-order valence-electron chi connectivity index (χ2n) is 5.60. The van der Waals surface area contributed by atoms with Crippen molar-refractivity contribution < 1.29 is 33.0 Å². The molecule has 1 saturated heterocycles. The van der Waals surface area contributed by atoms with E-state index < -0.39 is 27.9 Å². The van der Waals surface area contributed by atoms with Crippen molar-refractivity contribution in [3.05, 3.63) is 29.8 Å². The Morgan fingerprint density at radius 3 is 2.40 bits per heavy atom. The van der Waals surface area contributed by atoms with Crippen LogP contribution in [0.5, 0.6) is 5.75 Å². The van der Waals surface area contributed by atoms with Gasteiger partial charge in [-0.2, -0.15) is 4.31 Å². The van der Waals surface area contributed by atoms with E-state index in [2.05, 4.69) is 0 Å². The van der Waals surface area contributed by atoms with Gasteiger partial charge < -0.3 is 14.9 Å². The Balaban J connectivity index is 2.33. The first-order valence-corrected chi connectivity index (χ1v) is 9.01. The number of carboxylic acid groups (broad SMARTS) is 2. The van der Waals surface area contributed by atoms with Crippen LogP contribution in [-0.4, -0.2) is 55.1 Å². The molecule has 1 aromatic rings. The molecule has 0 saturated carbocycles. The Morgan fingerprint density at radius 2 is 1.88 bits per heavy atom. The van der Waals surface area contributed by atoms with E-state index in [4.69, 9.17) is 14.9 Å². The third kappa shape index (κ3) is 4.37. The second-order valence-corrected chi connectivity index (χ2v) is 7.50. The van der Waals surface area contributed by atoms with Gasteiger partial charge in [0.2, 0.25) is 10.0 Å². The van der Waals surface area contributed by atoms with E-state index in [1.807, 2.05) is 0 Å². The summed E-state index contributed by atoms with van der Waals surface area (Å²) < 4.78 is 32.1. The first-order valence-electron chi connectivity index (χ1n) is 7.57. The summed E-state index contributed by atoms with van der Waals surface area (Å²) in [5.74, 6) is -2.46. The van der Waals surface area contributed by atoms with Gasteiger partial charge in [0.25, 0.3) is 0 Å². The number of hydrogen-bond donors (Lipinski definition) is 2. The molecule has 1 heterocycles. The van der Waals surface area contributed by atoms with Crippen molar-refractivity contribution in [3.8, 4) is 5.75 Å². The van der Waals surface area contributed by atoms with Crippen molar-refractivity contribution in [2.75, 3.05) is 20.2 Å². The molecule has 1 aliphatic heterocycles. The van der Waals surface area contributed by atoms with Crippen molar-refractivity contribution in [3.63, 3.8) is 0 Å². The van der Waals surface area contributed by atoms with Crippen LogP contribution in [0.1, 0.15) is 18.4 Å². The topological polar surface area (TPSA) is 121 Å². The molecule has 0 aliphatic carbocycles. The highest BCUT2D eigenvalue weighted by Crippen LogP contribution is 2.31. The number of benzene rings is 1. The minimum absolute atomic E-state index is 0.0729. The largest absolute Gasteiger partial charge is 0.495 e. The fourth-order valence-corrected chi connectivity index (χ4v) is 4.31. The summed E-state index contributed by atoms with van der Waals surface area (Å²) in [5.41, 5.74) is 0.405. The van der Waals surface area contributed by atoms with E-state index in [-0.39, 0.29) is 36.6 Å². The number of carbonyl (C=O) groups is 2. The highest BCUT2D eigenvalue weighted by atomic mass is 32.2. The minimum Gasteiger partial charge on any atom is -0.495 e. The van der Waals surface area contributed by atoms with E-state index in [1.165, 1.54) is 29.6 Å². The molecule has 0 unspecified atom stereocenters. The number of piperidine rings is 1. The molecule has 0 amide bonds. The van der Waals surface area contributed by atoms with Crippen LogP contribution in [0, 0.1) is 5.92 Å².